The Balaban J connectivity index is 1.90. The third kappa shape index (κ3) is 7.75. The monoisotopic (exact) mass is 531 g/mol. The van der Waals surface area contributed by atoms with Gasteiger partial charge in [-0.2, -0.15) is 0 Å². The summed E-state index contributed by atoms with van der Waals surface area (Å²) < 4.78 is 39.3. The molecule has 2 heterocycles. The van der Waals surface area contributed by atoms with Gasteiger partial charge in [0, 0.05) is 25.4 Å². The summed E-state index contributed by atoms with van der Waals surface area (Å²) in [5.74, 6) is -6.84. The number of fused-ring (bicyclic) bond motifs is 2. The highest BCUT2D eigenvalue weighted by Crippen LogP contribution is 2.42. The number of halogens is 2. The zero-order valence-electron chi connectivity index (χ0n) is 21.9. The van der Waals surface area contributed by atoms with Crippen LogP contribution >= 0.6 is 0 Å². The lowest BCUT2D eigenvalue weighted by atomic mass is 9.97. The molecule has 2 saturated heterocycles. The van der Waals surface area contributed by atoms with Crippen LogP contribution in [0.1, 0.15) is 72.6 Å². The smallest absolute Gasteiger partial charge is 0.408 e. The van der Waals surface area contributed by atoms with Crippen molar-refractivity contribution >= 4 is 23.9 Å². The topological polar surface area (TPSA) is 134 Å². The maximum atomic E-state index is 14.5. The van der Waals surface area contributed by atoms with Crippen molar-refractivity contribution in [2.75, 3.05) is 13.2 Å². The predicted molar refractivity (Wildman–Crippen MR) is 127 cm³/mol. The Labute approximate surface area is 215 Å². The second-order valence-electron chi connectivity index (χ2n) is 11.2. The van der Waals surface area contributed by atoms with E-state index in [1.807, 2.05) is 0 Å². The Kier molecular flexibility index (Phi) is 9.02. The molecule has 1 unspecified atom stereocenters. The molecule has 3 N–H and O–H groups in total. The van der Waals surface area contributed by atoms with Gasteiger partial charge in [0.1, 0.15) is 23.6 Å². The highest BCUT2D eigenvalue weighted by molar-refractivity contribution is 5.96. The number of carbonyl (C=O) groups excluding carboxylic acids is 4. The van der Waals surface area contributed by atoms with Crippen LogP contribution in [-0.4, -0.2) is 82.8 Å². The molecule has 1 aliphatic carbocycles. The molecule has 0 radical (unpaired) electrons. The van der Waals surface area contributed by atoms with Crippen LogP contribution in [0.2, 0.25) is 0 Å². The second-order valence-corrected chi connectivity index (χ2v) is 11.2. The molecule has 2 aliphatic heterocycles. The Bertz CT molecular complexity index is 879. The molecule has 37 heavy (non-hydrogen) atoms. The molecule has 210 valence electrons. The molecular formula is C25H39F2N3O7. The molecule has 1 saturated carbocycles. The zero-order chi connectivity index (χ0) is 27.5. The minimum absolute atomic E-state index is 0.00689. The molecule has 3 rings (SSSR count). The minimum Gasteiger partial charge on any atom is -0.466 e. The van der Waals surface area contributed by atoms with Gasteiger partial charge in [-0.1, -0.05) is 12.8 Å². The predicted octanol–water partition coefficient (Wildman–Crippen LogP) is 2.12. The molecule has 0 spiro atoms. The lowest BCUT2D eigenvalue weighted by molar-refractivity contribution is -0.155. The van der Waals surface area contributed by atoms with Crippen LogP contribution < -0.4 is 10.6 Å². The molecule has 3 aliphatic rings. The summed E-state index contributed by atoms with van der Waals surface area (Å²) in [6.45, 7) is 6.26. The quantitative estimate of drug-likeness (QED) is 0.475. The summed E-state index contributed by atoms with van der Waals surface area (Å²) in [7, 11) is 0. The average molecular weight is 532 g/mol. The molecule has 0 bridgehead atoms. The maximum absolute atomic E-state index is 14.5. The Morgan fingerprint density at radius 2 is 1.92 bits per heavy atom. The average Bonchev–Trinajstić information content (AvgIpc) is 3.36. The summed E-state index contributed by atoms with van der Waals surface area (Å²) in [6, 6.07) is -3.05. The van der Waals surface area contributed by atoms with E-state index in [0.29, 0.717) is 19.3 Å². The van der Waals surface area contributed by atoms with Gasteiger partial charge in [-0.15, -0.1) is 0 Å². The van der Waals surface area contributed by atoms with Crippen molar-refractivity contribution in [2.24, 2.45) is 11.8 Å². The Hall–Kier alpha value is -2.50. The molecule has 10 nitrogen and oxygen atoms in total. The van der Waals surface area contributed by atoms with Gasteiger partial charge in [-0.3, -0.25) is 14.4 Å². The number of carbonyl (C=O) groups is 4. The van der Waals surface area contributed by atoms with Gasteiger partial charge in [0.15, 0.2) is 0 Å². The number of hydrogen-bond acceptors (Lipinski definition) is 7. The SMILES string of the molecule is CCOC(=O)C1[C@H](O)CN2C(=O)[C@@H](NC(=O)OC(C)(C)C)CCCCCC(F)(F)C[C@@H]3C[C@H]3NC(=O)[C@H]12. The third-order valence-electron chi connectivity index (χ3n) is 6.92. The first-order valence-corrected chi connectivity index (χ1v) is 13.1. The van der Waals surface area contributed by atoms with Gasteiger partial charge in [0.05, 0.1) is 12.7 Å². The largest absolute Gasteiger partial charge is 0.466 e. The molecule has 3 fully saturated rings. The number of rotatable bonds is 3. The van der Waals surface area contributed by atoms with Crippen molar-refractivity contribution in [3.8, 4) is 0 Å². The Morgan fingerprint density at radius 1 is 1.22 bits per heavy atom. The number of alkyl halides is 2. The number of amides is 3. The van der Waals surface area contributed by atoms with E-state index in [2.05, 4.69) is 10.6 Å². The zero-order valence-corrected chi connectivity index (χ0v) is 21.9. The van der Waals surface area contributed by atoms with Crippen LogP contribution in [0.15, 0.2) is 0 Å². The standard InChI is InChI=1S/C25H39F2N3O7/c1-5-36-22(34)18-17(31)13-30-19(18)20(32)28-16-11-14(16)12-25(26,27)10-8-6-7-9-15(21(30)33)29-23(35)37-24(2,3)4/h14-19,31H,5-13H2,1-4H3,(H,28,32)(H,29,35)/t14-,15-,16+,17+,18?,19-/m0/s1. The van der Waals surface area contributed by atoms with Crippen molar-refractivity contribution in [1.29, 1.82) is 0 Å². The number of hydrogen-bond donors (Lipinski definition) is 3. The van der Waals surface area contributed by atoms with Gasteiger partial charge in [-0.05, 0) is 52.9 Å². The van der Waals surface area contributed by atoms with Crippen LogP contribution in [-0.2, 0) is 23.9 Å². The van der Waals surface area contributed by atoms with E-state index in [1.165, 1.54) is 0 Å². The first-order chi connectivity index (χ1) is 17.2. The fraction of sp³-hybridized carbons (Fsp3) is 0.840. The summed E-state index contributed by atoms with van der Waals surface area (Å²) in [5, 5.41) is 15.9. The van der Waals surface area contributed by atoms with Gasteiger partial charge in [0.2, 0.25) is 17.7 Å². The fourth-order valence-corrected chi connectivity index (χ4v) is 5.11. The Morgan fingerprint density at radius 3 is 2.57 bits per heavy atom. The number of aliphatic hydroxyl groups is 1. The van der Waals surface area contributed by atoms with Crippen molar-refractivity contribution in [3.05, 3.63) is 0 Å². The maximum Gasteiger partial charge on any atom is 0.408 e. The molecule has 0 aromatic carbocycles. The summed E-state index contributed by atoms with van der Waals surface area (Å²) in [5.41, 5.74) is -0.833. The highest BCUT2D eigenvalue weighted by Gasteiger charge is 2.54. The number of aliphatic hydroxyl groups excluding tert-OH is 1. The van der Waals surface area contributed by atoms with E-state index >= 15 is 0 Å². The van der Waals surface area contributed by atoms with Gasteiger partial charge in [-0.25, -0.2) is 13.6 Å². The lowest BCUT2D eigenvalue weighted by Crippen LogP contribution is -2.56. The second kappa shape index (κ2) is 11.5. The molecule has 6 atom stereocenters. The molecule has 3 amide bonds. The van der Waals surface area contributed by atoms with E-state index in [0.717, 1.165) is 4.90 Å². The van der Waals surface area contributed by atoms with E-state index in [4.69, 9.17) is 9.47 Å². The first-order valence-electron chi connectivity index (χ1n) is 13.1. The van der Waals surface area contributed by atoms with Crippen molar-refractivity contribution in [1.82, 2.24) is 15.5 Å². The van der Waals surface area contributed by atoms with Crippen LogP contribution in [0.4, 0.5) is 13.6 Å². The molecule has 0 aromatic rings. The van der Waals surface area contributed by atoms with Crippen LogP contribution in [0.3, 0.4) is 0 Å². The number of ether oxygens (including phenoxy) is 2. The minimum atomic E-state index is -2.88. The van der Waals surface area contributed by atoms with Gasteiger partial charge in [0.25, 0.3) is 0 Å². The summed E-state index contributed by atoms with van der Waals surface area (Å²) >= 11 is 0. The van der Waals surface area contributed by atoms with Crippen LogP contribution in [0.25, 0.3) is 0 Å². The molecule has 0 aromatic heterocycles. The molecule has 12 heteroatoms. The molecular weight excluding hydrogens is 492 g/mol. The summed E-state index contributed by atoms with van der Waals surface area (Å²) in [4.78, 5) is 53.3. The van der Waals surface area contributed by atoms with Crippen LogP contribution in [0, 0.1) is 11.8 Å². The summed E-state index contributed by atoms with van der Waals surface area (Å²) in [6.07, 6.45) is -1.36. The number of esters is 1. The van der Waals surface area contributed by atoms with Crippen molar-refractivity contribution < 1.29 is 42.5 Å². The van der Waals surface area contributed by atoms with Crippen LogP contribution in [0.5, 0.6) is 0 Å². The lowest BCUT2D eigenvalue weighted by Gasteiger charge is -2.30. The van der Waals surface area contributed by atoms with E-state index in [9.17, 15) is 33.1 Å². The van der Waals surface area contributed by atoms with E-state index < -0.39 is 71.5 Å². The third-order valence-corrected chi connectivity index (χ3v) is 6.92. The highest BCUT2D eigenvalue weighted by atomic mass is 19.3. The number of nitrogens with one attached hydrogen (secondary N) is 2. The fourth-order valence-electron chi connectivity index (χ4n) is 5.11. The van der Waals surface area contributed by atoms with E-state index in [1.54, 1.807) is 27.7 Å². The van der Waals surface area contributed by atoms with Crippen molar-refractivity contribution in [3.63, 3.8) is 0 Å². The van der Waals surface area contributed by atoms with Gasteiger partial charge >= 0.3 is 12.1 Å². The van der Waals surface area contributed by atoms with E-state index in [-0.39, 0.29) is 38.8 Å². The van der Waals surface area contributed by atoms with Gasteiger partial charge < -0.3 is 30.1 Å². The number of alkyl carbamates (subject to hydrolysis) is 1. The normalized spacial score (nSPS) is 32.7. The first kappa shape index (κ1) is 29.1. The number of nitrogens with zero attached hydrogens (tertiary/aromatic N) is 1. The van der Waals surface area contributed by atoms with Crippen molar-refractivity contribution in [2.45, 2.75) is 108 Å².